The highest BCUT2D eigenvalue weighted by Gasteiger charge is 2.64. The Morgan fingerprint density at radius 2 is 2.09 bits per heavy atom. The second-order valence-corrected chi connectivity index (χ2v) is 6.79. The Morgan fingerprint density at radius 3 is 2.83 bits per heavy atom. The molecule has 0 aliphatic carbocycles. The van der Waals surface area contributed by atoms with Gasteiger partial charge in [-0.25, -0.2) is 19.3 Å². The first-order valence-corrected chi connectivity index (χ1v) is 8.58. The first-order chi connectivity index (χ1) is 10.8. The fraction of sp³-hybridized carbons (Fsp3) is 0.615. The predicted octanol–water partition coefficient (Wildman–Crippen LogP) is 1.56. The lowest BCUT2D eigenvalue weighted by Crippen LogP contribution is -2.40. The molecule has 2 aromatic heterocycles. The van der Waals surface area contributed by atoms with Crippen molar-refractivity contribution in [1.29, 1.82) is 0 Å². The number of nitrogen functional groups attached to an aromatic ring is 1. The molecule has 2 aliphatic rings. The van der Waals surface area contributed by atoms with Gasteiger partial charge in [-0.3, -0.25) is 4.57 Å². The van der Waals surface area contributed by atoms with Gasteiger partial charge in [-0.15, -0.1) is 0 Å². The summed E-state index contributed by atoms with van der Waals surface area (Å²) < 4.78 is 34.1. The topological polar surface area (TPSA) is 97.3 Å². The van der Waals surface area contributed by atoms with Crippen LogP contribution in [0.15, 0.2) is 12.7 Å². The molecule has 8 nitrogen and oxygen atoms in total. The number of hydrogen-bond acceptors (Lipinski definition) is 7. The molecule has 2 fully saturated rings. The second-order valence-electron chi connectivity index (χ2n) is 6.03. The molecule has 124 valence electrons. The van der Waals surface area contributed by atoms with Gasteiger partial charge < -0.3 is 19.9 Å². The normalized spacial score (nSPS) is 35.7. The van der Waals surface area contributed by atoms with Crippen LogP contribution in [-0.4, -0.2) is 47.8 Å². The summed E-state index contributed by atoms with van der Waals surface area (Å²) in [7, 11) is 0. The van der Waals surface area contributed by atoms with Crippen molar-refractivity contribution in [3.63, 3.8) is 0 Å². The molecule has 23 heavy (non-hydrogen) atoms. The minimum Gasteiger partial charge on any atom is -0.382 e. The van der Waals surface area contributed by atoms with Gasteiger partial charge in [0.25, 0.3) is 0 Å². The number of anilines is 1. The zero-order valence-corrected chi connectivity index (χ0v) is 14.6. The van der Waals surface area contributed by atoms with E-state index < -0.39 is 30.1 Å². The fourth-order valence-corrected chi connectivity index (χ4v) is 3.66. The van der Waals surface area contributed by atoms with Gasteiger partial charge in [0.2, 0.25) is 5.85 Å². The van der Waals surface area contributed by atoms with Crippen molar-refractivity contribution in [1.82, 2.24) is 19.5 Å². The van der Waals surface area contributed by atoms with E-state index in [0.29, 0.717) is 11.2 Å². The zero-order chi connectivity index (χ0) is 16.4. The highest BCUT2D eigenvalue weighted by atomic mass is 127. The van der Waals surface area contributed by atoms with Gasteiger partial charge in [0.15, 0.2) is 29.6 Å². The van der Waals surface area contributed by atoms with Gasteiger partial charge >= 0.3 is 0 Å². The van der Waals surface area contributed by atoms with Gasteiger partial charge in [0.1, 0.15) is 17.9 Å². The standard InChI is InChI=1S/C13H15FIN5O3/c1-12(2)21-7-8(22-12)13(14,3-15)23-11(7)20-5-19-6-9(16)17-4-18-10(6)20/h4-5,7-8,11H,3H2,1-2H3,(H2,16,17,18)/t7-,8+,11-,13+/m1/s1. The average molecular weight is 435 g/mol. The number of imidazole rings is 1. The minimum absolute atomic E-state index is 0.117. The molecule has 0 spiro atoms. The average Bonchev–Trinajstić information content (AvgIpc) is 3.12. The molecule has 0 saturated carbocycles. The monoisotopic (exact) mass is 435 g/mol. The summed E-state index contributed by atoms with van der Waals surface area (Å²) >= 11 is 1.94. The Labute approximate surface area is 144 Å². The Hall–Kier alpha value is -1.11. The molecule has 0 radical (unpaired) electrons. The third-order valence-electron chi connectivity index (χ3n) is 4.00. The summed E-state index contributed by atoms with van der Waals surface area (Å²) in [6.07, 6.45) is 0.653. The summed E-state index contributed by atoms with van der Waals surface area (Å²) in [5, 5.41) is 0. The fourth-order valence-electron chi connectivity index (χ4n) is 3.04. The number of rotatable bonds is 2. The van der Waals surface area contributed by atoms with E-state index in [0.717, 1.165) is 0 Å². The van der Waals surface area contributed by atoms with Crippen molar-refractivity contribution in [2.75, 3.05) is 10.2 Å². The number of nitrogens with two attached hydrogens (primary N) is 1. The second kappa shape index (κ2) is 4.94. The summed E-state index contributed by atoms with van der Waals surface area (Å²) in [5.74, 6) is -2.57. The van der Waals surface area contributed by atoms with Crippen molar-refractivity contribution in [2.45, 2.75) is 43.9 Å². The van der Waals surface area contributed by atoms with E-state index in [1.807, 2.05) is 22.6 Å². The number of ether oxygens (including phenoxy) is 3. The smallest absolute Gasteiger partial charge is 0.249 e. The lowest BCUT2D eigenvalue weighted by Gasteiger charge is -2.27. The van der Waals surface area contributed by atoms with Crippen molar-refractivity contribution >= 4 is 39.6 Å². The number of hydrogen-bond donors (Lipinski definition) is 1. The molecule has 0 bridgehead atoms. The molecule has 10 heteroatoms. The molecule has 4 rings (SSSR count). The maximum Gasteiger partial charge on any atom is 0.249 e. The third-order valence-corrected chi connectivity index (χ3v) is 5.04. The molecular weight excluding hydrogens is 420 g/mol. The predicted molar refractivity (Wildman–Crippen MR) is 86.4 cm³/mol. The summed E-state index contributed by atoms with van der Waals surface area (Å²) in [6, 6.07) is 0. The molecule has 0 unspecified atom stereocenters. The van der Waals surface area contributed by atoms with Crippen molar-refractivity contribution in [3.05, 3.63) is 12.7 Å². The quantitative estimate of drug-likeness (QED) is 0.565. The maximum atomic E-state index is 15.1. The van der Waals surface area contributed by atoms with Gasteiger partial charge in [-0.1, -0.05) is 22.6 Å². The third kappa shape index (κ3) is 2.22. The van der Waals surface area contributed by atoms with Crippen LogP contribution < -0.4 is 5.73 Å². The van der Waals surface area contributed by atoms with Crippen molar-refractivity contribution in [3.8, 4) is 0 Å². The van der Waals surface area contributed by atoms with E-state index in [4.69, 9.17) is 19.9 Å². The lowest BCUT2D eigenvalue weighted by molar-refractivity contribution is -0.245. The number of aromatic nitrogens is 4. The lowest BCUT2D eigenvalue weighted by atomic mass is 10.1. The molecule has 2 N–H and O–H groups in total. The first kappa shape index (κ1) is 15.4. The zero-order valence-electron chi connectivity index (χ0n) is 12.4. The van der Waals surface area contributed by atoms with E-state index >= 15 is 4.39 Å². The number of fused-ring (bicyclic) bond motifs is 2. The maximum absolute atomic E-state index is 15.1. The Bertz CT molecular complexity index is 771. The largest absolute Gasteiger partial charge is 0.382 e. The van der Waals surface area contributed by atoms with E-state index in [9.17, 15) is 0 Å². The van der Waals surface area contributed by atoms with Crippen LogP contribution in [0.1, 0.15) is 20.1 Å². The Balaban J connectivity index is 1.80. The highest BCUT2D eigenvalue weighted by Crippen LogP contribution is 2.49. The summed E-state index contributed by atoms with van der Waals surface area (Å²) in [4.78, 5) is 12.3. The molecule has 0 amide bonds. The van der Waals surface area contributed by atoms with Gasteiger partial charge in [0, 0.05) is 0 Å². The van der Waals surface area contributed by atoms with E-state index in [2.05, 4.69) is 15.0 Å². The van der Waals surface area contributed by atoms with Crippen LogP contribution in [0, 0.1) is 0 Å². The van der Waals surface area contributed by atoms with Gasteiger partial charge in [0.05, 0.1) is 10.8 Å². The summed E-state index contributed by atoms with van der Waals surface area (Å²) in [6.45, 7) is 3.50. The molecule has 2 aliphatic heterocycles. The Kier molecular flexibility index (Phi) is 3.31. The van der Waals surface area contributed by atoms with Crippen LogP contribution in [0.4, 0.5) is 10.2 Å². The van der Waals surface area contributed by atoms with Gasteiger partial charge in [-0.05, 0) is 13.8 Å². The van der Waals surface area contributed by atoms with E-state index in [1.54, 1.807) is 18.4 Å². The number of alkyl halides is 2. The van der Waals surface area contributed by atoms with Crippen LogP contribution in [0.5, 0.6) is 0 Å². The van der Waals surface area contributed by atoms with Crippen LogP contribution in [0.2, 0.25) is 0 Å². The van der Waals surface area contributed by atoms with E-state index in [-0.39, 0.29) is 10.2 Å². The molecular formula is C13H15FIN5O3. The SMILES string of the molecule is CC1(C)O[C@H]2[C@H](n3cnc4c(N)ncnc43)O[C@@](F)(CI)[C@H]2O1. The van der Waals surface area contributed by atoms with Crippen LogP contribution in [0.3, 0.4) is 0 Å². The Morgan fingerprint density at radius 1 is 1.30 bits per heavy atom. The molecule has 4 atom stereocenters. The minimum atomic E-state index is -1.95. The van der Waals surface area contributed by atoms with E-state index in [1.165, 1.54) is 12.7 Å². The van der Waals surface area contributed by atoms with Crippen molar-refractivity contribution in [2.24, 2.45) is 0 Å². The molecule has 2 saturated heterocycles. The molecule has 0 aromatic carbocycles. The first-order valence-electron chi connectivity index (χ1n) is 7.06. The summed E-state index contributed by atoms with van der Waals surface area (Å²) in [5.41, 5.74) is 6.70. The van der Waals surface area contributed by atoms with Gasteiger partial charge in [-0.2, -0.15) is 0 Å². The van der Waals surface area contributed by atoms with Crippen LogP contribution in [0.25, 0.3) is 11.2 Å². The molecule has 2 aromatic rings. The molecule has 4 heterocycles. The number of nitrogens with zero attached hydrogens (tertiary/aromatic N) is 4. The number of halogens is 2. The van der Waals surface area contributed by atoms with Crippen LogP contribution >= 0.6 is 22.6 Å². The van der Waals surface area contributed by atoms with Crippen LogP contribution in [-0.2, 0) is 14.2 Å². The highest BCUT2D eigenvalue weighted by molar-refractivity contribution is 14.1. The van der Waals surface area contributed by atoms with Crippen molar-refractivity contribution < 1.29 is 18.6 Å².